The SMILES string of the molecule is O=C(CO)N/N=C\c1ccccc1Cl. The summed E-state index contributed by atoms with van der Waals surface area (Å²) < 4.78 is 0. The number of carbonyl (C=O) groups excluding carboxylic acids is 1. The van der Waals surface area contributed by atoms with E-state index in [1.165, 1.54) is 6.21 Å². The van der Waals surface area contributed by atoms with Crippen LogP contribution in [-0.2, 0) is 4.79 Å². The molecule has 0 atom stereocenters. The smallest absolute Gasteiger partial charge is 0.265 e. The highest BCUT2D eigenvalue weighted by atomic mass is 35.5. The van der Waals surface area contributed by atoms with Crippen LogP contribution >= 0.6 is 11.6 Å². The van der Waals surface area contributed by atoms with Gasteiger partial charge in [0.1, 0.15) is 6.61 Å². The molecule has 0 heterocycles. The molecule has 0 fully saturated rings. The second kappa shape index (κ2) is 5.36. The highest BCUT2D eigenvalue weighted by Gasteiger charge is 1.95. The summed E-state index contributed by atoms with van der Waals surface area (Å²) in [5, 5.41) is 12.5. The van der Waals surface area contributed by atoms with E-state index in [0.29, 0.717) is 10.6 Å². The number of carbonyl (C=O) groups is 1. The standard InChI is InChI=1S/C9H9ClN2O2/c10-8-4-2-1-3-7(8)5-11-12-9(14)6-13/h1-5,13H,6H2,(H,12,14)/b11-5-. The van der Waals surface area contributed by atoms with Crippen molar-refractivity contribution in [3.8, 4) is 0 Å². The molecular formula is C9H9ClN2O2. The number of aliphatic hydroxyl groups is 1. The number of hydrogen-bond donors (Lipinski definition) is 2. The van der Waals surface area contributed by atoms with E-state index in [9.17, 15) is 4.79 Å². The van der Waals surface area contributed by atoms with Crippen molar-refractivity contribution in [1.82, 2.24) is 5.43 Å². The lowest BCUT2D eigenvalue weighted by atomic mass is 10.2. The fraction of sp³-hybridized carbons (Fsp3) is 0.111. The second-order valence-electron chi connectivity index (χ2n) is 2.47. The van der Waals surface area contributed by atoms with E-state index in [4.69, 9.17) is 16.7 Å². The zero-order chi connectivity index (χ0) is 10.4. The summed E-state index contributed by atoms with van der Waals surface area (Å²) in [5.41, 5.74) is 2.83. The van der Waals surface area contributed by atoms with Crippen molar-refractivity contribution >= 4 is 23.7 Å². The molecule has 4 nitrogen and oxygen atoms in total. The van der Waals surface area contributed by atoms with Crippen molar-refractivity contribution in [3.63, 3.8) is 0 Å². The van der Waals surface area contributed by atoms with Gasteiger partial charge in [0.15, 0.2) is 0 Å². The van der Waals surface area contributed by atoms with Gasteiger partial charge < -0.3 is 5.11 Å². The Labute approximate surface area is 86.2 Å². The van der Waals surface area contributed by atoms with Crippen molar-refractivity contribution < 1.29 is 9.90 Å². The third-order valence-corrected chi connectivity index (χ3v) is 1.79. The van der Waals surface area contributed by atoms with Gasteiger partial charge in [-0.15, -0.1) is 0 Å². The maximum atomic E-state index is 10.6. The first-order chi connectivity index (χ1) is 6.74. The summed E-state index contributed by atoms with van der Waals surface area (Å²) >= 11 is 5.82. The van der Waals surface area contributed by atoms with E-state index in [2.05, 4.69) is 10.5 Å². The van der Waals surface area contributed by atoms with E-state index in [0.717, 1.165) is 0 Å². The lowest BCUT2D eigenvalue weighted by Crippen LogP contribution is -2.20. The van der Waals surface area contributed by atoms with Crippen LogP contribution in [0.1, 0.15) is 5.56 Å². The summed E-state index contributed by atoms with van der Waals surface area (Å²) in [6.07, 6.45) is 1.41. The molecule has 1 aromatic rings. The van der Waals surface area contributed by atoms with Crippen molar-refractivity contribution in [1.29, 1.82) is 0 Å². The number of rotatable bonds is 3. The summed E-state index contributed by atoms with van der Waals surface area (Å²) in [7, 11) is 0. The maximum Gasteiger partial charge on any atom is 0.265 e. The van der Waals surface area contributed by atoms with Gasteiger partial charge in [-0.25, -0.2) is 5.43 Å². The maximum absolute atomic E-state index is 10.6. The molecule has 2 N–H and O–H groups in total. The van der Waals surface area contributed by atoms with Crippen LogP contribution in [-0.4, -0.2) is 23.8 Å². The monoisotopic (exact) mass is 212 g/mol. The van der Waals surface area contributed by atoms with Crippen molar-refractivity contribution in [3.05, 3.63) is 34.9 Å². The predicted molar refractivity (Wildman–Crippen MR) is 54.3 cm³/mol. The Morgan fingerprint density at radius 1 is 1.57 bits per heavy atom. The van der Waals surface area contributed by atoms with Crippen molar-refractivity contribution in [2.24, 2.45) is 5.10 Å². The molecule has 0 bridgehead atoms. The highest BCUT2D eigenvalue weighted by molar-refractivity contribution is 6.33. The molecule has 5 heteroatoms. The molecule has 0 aliphatic carbocycles. The Morgan fingerprint density at radius 2 is 2.29 bits per heavy atom. The zero-order valence-electron chi connectivity index (χ0n) is 7.27. The van der Waals surface area contributed by atoms with Crippen LogP contribution in [0.15, 0.2) is 29.4 Å². The summed E-state index contributed by atoms with van der Waals surface area (Å²) in [6, 6.07) is 7.08. The number of nitrogens with one attached hydrogen (secondary N) is 1. The summed E-state index contributed by atoms with van der Waals surface area (Å²) in [4.78, 5) is 10.6. The summed E-state index contributed by atoms with van der Waals surface area (Å²) in [6.45, 7) is -0.583. The normalized spacial score (nSPS) is 10.4. The van der Waals surface area contributed by atoms with Crippen molar-refractivity contribution in [2.75, 3.05) is 6.61 Å². The molecule has 0 saturated carbocycles. The summed E-state index contributed by atoms with van der Waals surface area (Å²) in [5.74, 6) is -0.562. The Kier molecular flexibility index (Phi) is 4.10. The van der Waals surface area contributed by atoms with E-state index < -0.39 is 12.5 Å². The van der Waals surface area contributed by atoms with Gasteiger partial charge in [0.05, 0.1) is 6.21 Å². The van der Waals surface area contributed by atoms with E-state index in [1.54, 1.807) is 24.3 Å². The number of amides is 1. The fourth-order valence-corrected chi connectivity index (χ4v) is 0.973. The first-order valence-electron chi connectivity index (χ1n) is 3.91. The van der Waals surface area contributed by atoms with Crippen LogP contribution in [0, 0.1) is 0 Å². The minimum absolute atomic E-state index is 0.550. The lowest BCUT2D eigenvalue weighted by molar-refractivity contribution is -0.123. The van der Waals surface area contributed by atoms with E-state index in [-0.39, 0.29) is 0 Å². The van der Waals surface area contributed by atoms with Gasteiger partial charge >= 0.3 is 0 Å². The molecule has 0 saturated heterocycles. The van der Waals surface area contributed by atoms with Gasteiger partial charge in [0.2, 0.25) is 0 Å². The molecule has 1 rings (SSSR count). The minimum Gasteiger partial charge on any atom is -0.386 e. The highest BCUT2D eigenvalue weighted by Crippen LogP contribution is 2.11. The van der Waals surface area contributed by atoms with Crippen LogP contribution in [0.4, 0.5) is 0 Å². The minimum atomic E-state index is -0.583. The first kappa shape index (κ1) is 10.7. The Balaban J connectivity index is 2.60. The van der Waals surface area contributed by atoms with Crippen molar-refractivity contribution in [2.45, 2.75) is 0 Å². The average Bonchev–Trinajstić information content (AvgIpc) is 2.20. The molecule has 1 aromatic carbocycles. The molecule has 0 spiro atoms. The Morgan fingerprint density at radius 3 is 2.93 bits per heavy atom. The van der Waals surface area contributed by atoms with Crippen LogP contribution in [0.5, 0.6) is 0 Å². The average molecular weight is 213 g/mol. The lowest BCUT2D eigenvalue weighted by Gasteiger charge is -1.96. The van der Waals surface area contributed by atoms with Crippen LogP contribution < -0.4 is 5.43 Å². The van der Waals surface area contributed by atoms with Gasteiger partial charge in [0.25, 0.3) is 5.91 Å². The van der Waals surface area contributed by atoms with Crippen LogP contribution in [0.25, 0.3) is 0 Å². The first-order valence-corrected chi connectivity index (χ1v) is 4.29. The molecule has 0 radical (unpaired) electrons. The number of benzene rings is 1. The largest absolute Gasteiger partial charge is 0.386 e. The molecule has 74 valence electrons. The quantitative estimate of drug-likeness (QED) is 0.575. The van der Waals surface area contributed by atoms with Crippen LogP contribution in [0.3, 0.4) is 0 Å². The number of halogens is 1. The second-order valence-corrected chi connectivity index (χ2v) is 2.88. The third-order valence-electron chi connectivity index (χ3n) is 1.44. The number of aliphatic hydroxyl groups excluding tert-OH is 1. The molecular weight excluding hydrogens is 204 g/mol. The zero-order valence-corrected chi connectivity index (χ0v) is 8.03. The predicted octanol–water partition coefficient (Wildman–Crippen LogP) is 0.782. The molecule has 14 heavy (non-hydrogen) atoms. The van der Waals surface area contributed by atoms with E-state index in [1.807, 2.05) is 0 Å². The fourth-order valence-electron chi connectivity index (χ4n) is 0.789. The van der Waals surface area contributed by atoms with Gasteiger partial charge in [-0.3, -0.25) is 4.79 Å². The molecule has 0 aromatic heterocycles. The van der Waals surface area contributed by atoms with E-state index >= 15 is 0 Å². The Hall–Kier alpha value is -1.39. The Bertz CT molecular complexity index is 352. The number of hydrogen-bond acceptors (Lipinski definition) is 3. The van der Waals surface area contributed by atoms with Gasteiger partial charge in [-0.2, -0.15) is 5.10 Å². The third kappa shape index (κ3) is 3.16. The van der Waals surface area contributed by atoms with Gasteiger partial charge in [0, 0.05) is 10.6 Å². The van der Waals surface area contributed by atoms with Gasteiger partial charge in [-0.1, -0.05) is 29.8 Å². The molecule has 1 amide bonds. The van der Waals surface area contributed by atoms with Crippen LogP contribution in [0.2, 0.25) is 5.02 Å². The number of nitrogens with zero attached hydrogens (tertiary/aromatic N) is 1. The number of hydrazone groups is 1. The molecule has 0 unspecified atom stereocenters. The topological polar surface area (TPSA) is 61.7 Å². The molecule has 0 aliphatic heterocycles. The molecule has 0 aliphatic rings. The van der Waals surface area contributed by atoms with Gasteiger partial charge in [-0.05, 0) is 6.07 Å².